The van der Waals surface area contributed by atoms with Crippen molar-refractivity contribution in [3.63, 3.8) is 0 Å². The molecule has 0 radical (unpaired) electrons. The third-order valence-corrected chi connectivity index (χ3v) is 4.30. The van der Waals surface area contributed by atoms with Crippen molar-refractivity contribution in [3.8, 4) is 11.6 Å². The molecule has 0 bridgehead atoms. The quantitative estimate of drug-likeness (QED) is 0.609. The summed E-state index contributed by atoms with van der Waals surface area (Å²) in [6.07, 6.45) is 0. The average Bonchev–Trinajstić information content (AvgIpc) is 2.47. The van der Waals surface area contributed by atoms with E-state index in [2.05, 4.69) is 10.2 Å². The van der Waals surface area contributed by atoms with Crippen LogP contribution in [0.5, 0.6) is 11.6 Å². The molecule has 0 aliphatic carbocycles. The van der Waals surface area contributed by atoms with E-state index in [1.807, 2.05) is 0 Å². The van der Waals surface area contributed by atoms with Gasteiger partial charge in [-0.2, -0.15) is 0 Å². The van der Waals surface area contributed by atoms with Gasteiger partial charge in [0.1, 0.15) is 0 Å². The Kier molecular flexibility index (Phi) is 4.29. The van der Waals surface area contributed by atoms with E-state index < -0.39 is 5.56 Å². The maximum absolute atomic E-state index is 11.9. The Bertz CT molecular complexity index is 965. The lowest BCUT2D eigenvalue weighted by molar-refractivity contribution is 0.461. The highest BCUT2D eigenvalue weighted by atomic mass is 35.5. The van der Waals surface area contributed by atoms with Crippen molar-refractivity contribution < 1.29 is 4.74 Å². The summed E-state index contributed by atoms with van der Waals surface area (Å²) in [5, 5.41) is 7.73. The second-order valence-electron chi connectivity index (χ2n) is 4.59. The number of fused-ring (bicyclic) bond motifs is 1. The summed E-state index contributed by atoms with van der Waals surface area (Å²) in [7, 11) is 0. The van der Waals surface area contributed by atoms with Crippen molar-refractivity contribution >= 4 is 62.9 Å². The van der Waals surface area contributed by atoms with Crippen LogP contribution in [0.15, 0.2) is 29.1 Å². The number of nitrogen functional groups attached to an aromatic ring is 1. The molecule has 3 rings (SSSR count). The molecule has 0 aliphatic heterocycles. The number of halogens is 4. The third-order valence-electron chi connectivity index (χ3n) is 3.01. The summed E-state index contributed by atoms with van der Waals surface area (Å²) >= 11 is 24.1. The van der Waals surface area contributed by atoms with Gasteiger partial charge in [-0.3, -0.25) is 4.79 Å². The maximum Gasteiger partial charge on any atom is 0.272 e. The fourth-order valence-electron chi connectivity index (χ4n) is 1.99. The third kappa shape index (κ3) is 3.05. The van der Waals surface area contributed by atoms with E-state index in [0.717, 1.165) is 0 Å². The van der Waals surface area contributed by atoms with Crippen molar-refractivity contribution in [1.29, 1.82) is 0 Å². The maximum atomic E-state index is 11.9. The van der Waals surface area contributed by atoms with Crippen LogP contribution in [0.2, 0.25) is 20.1 Å². The van der Waals surface area contributed by atoms with Crippen LogP contribution < -0.4 is 16.0 Å². The van der Waals surface area contributed by atoms with Crippen LogP contribution >= 0.6 is 46.4 Å². The van der Waals surface area contributed by atoms with Crippen molar-refractivity contribution in [2.24, 2.45) is 0 Å². The fraction of sp³-hybridized carbons (Fsp3) is 0. The number of ether oxygens (including phenoxy) is 1. The first kappa shape index (κ1) is 16.2. The molecule has 1 aromatic heterocycles. The predicted octanol–water partition coefficient (Wildman–Crippen LogP) is 4.91. The minimum atomic E-state index is -0.430. The lowest BCUT2D eigenvalue weighted by Crippen LogP contribution is -2.09. The highest BCUT2D eigenvalue weighted by Gasteiger charge is 2.15. The standard InChI is InChI=1S/C14H7Cl4N3O2/c15-8-3-6-7(4-9(8)16)14(21-20-13(6)22)23-12-10(17)1-5(19)2-11(12)18/h1-4H,19H2,(H,20,22). The zero-order valence-electron chi connectivity index (χ0n) is 11.2. The second-order valence-corrected chi connectivity index (χ2v) is 6.21. The fourth-order valence-corrected chi connectivity index (χ4v) is 2.89. The van der Waals surface area contributed by atoms with E-state index in [-0.39, 0.29) is 37.1 Å². The monoisotopic (exact) mass is 389 g/mol. The number of benzene rings is 2. The van der Waals surface area contributed by atoms with E-state index in [1.165, 1.54) is 24.3 Å². The zero-order chi connectivity index (χ0) is 16.7. The van der Waals surface area contributed by atoms with Crippen molar-refractivity contribution in [2.75, 3.05) is 5.73 Å². The summed E-state index contributed by atoms with van der Waals surface area (Å²) in [5.74, 6) is 0.237. The molecule has 118 valence electrons. The van der Waals surface area contributed by atoms with Gasteiger partial charge in [0.05, 0.1) is 30.9 Å². The SMILES string of the molecule is Nc1cc(Cl)c(Oc2n[nH]c(=O)c3cc(Cl)c(Cl)cc23)c(Cl)c1. The van der Waals surface area contributed by atoms with Gasteiger partial charge in [-0.25, -0.2) is 5.10 Å². The van der Waals surface area contributed by atoms with Gasteiger partial charge in [-0.1, -0.05) is 46.4 Å². The molecular formula is C14H7Cl4N3O2. The number of hydrogen-bond donors (Lipinski definition) is 2. The van der Waals surface area contributed by atoms with Crippen LogP contribution in [0.3, 0.4) is 0 Å². The molecule has 0 saturated carbocycles. The van der Waals surface area contributed by atoms with Gasteiger partial charge in [0, 0.05) is 5.69 Å². The molecule has 3 aromatic rings. The molecule has 0 atom stereocenters. The summed E-state index contributed by atoms with van der Waals surface area (Å²) in [6, 6.07) is 5.88. The number of nitrogens with zero attached hydrogens (tertiary/aromatic N) is 1. The number of aromatic amines is 1. The van der Waals surface area contributed by atoms with Gasteiger partial charge in [0.15, 0.2) is 5.75 Å². The molecule has 1 heterocycles. The number of hydrogen-bond acceptors (Lipinski definition) is 4. The minimum Gasteiger partial charge on any atom is -0.434 e. The number of nitrogens with two attached hydrogens (primary N) is 1. The van der Waals surface area contributed by atoms with Crippen LogP contribution in [0.25, 0.3) is 10.8 Å². The highest BCUT2D eigenvalue weighted by Crippen LogP contribution is 2.39. The van der Waals surface area contributed by atoms with Crippen LogP contribution in [0.1, 0.15) is 0 Å². The van der Waals surface area contributed by atoms with Gasteiger partial charge in [0.25, 0.3) is 5.56 Å². The molecule has 0 fully saturated rings. The van der Waals surface area contributed by atoms with Gasteiger partial charge >= 0.3 is 0 Å². The molecule has 23 heavy (non-hydrogen) atoms. The first-order valence-electron chi connectivity index (χ1n) is 6.16. The Morgan fingerprint density at radius 1 is 0.913 bits per heavy atom. The highest BCUT2D eigenvalue weighted by molar-refractivity contribution is 6.43. The van der Waals surface area contributed by atoms with E-state index in [9.17, 15) is 4.79 Å². The largest absolute Gasteiger partial charge is 0.434 e. The summed E-state index contributed by atoms with van der Waals surface area (Å²) < 4.78 is 5.66. The van der Waals surface area contributed by atoms with E-state index in [1.54, 1.807) is 0 Å². The minimum absolute atomic E-state index is 0.0757. The first-order valence-corrected chi connectivity index (χ1v) is 7.68. The molecule has 0 unspecified atom stereocenters. The average molecular weight is 391 g/mol. The van der Waals surface area contributed by atoms with Crippen molar-refractivity contribution in [3.05, 3.63) is 54.7 Å². The van der Waals surface area contributed by atoms with Crippen LogP contribution in [0, 0.1) is 0 Å². The van der Waals surface area contributed by atoms with Crippen molar-refractivity contribution in [1.82, 2.24) is 10.2 Å². The summed E-state index contributed by atoms with van der Waals surface area (Å²) in [6.45, 7) is 0. The molecular weight excluding hydrogens is 384 g/mol. The topological polar surface area (TPSA) is 81.0 Å². The number of aromatic nitrogens is 2. The van der Waals surface area contributed by atoms with E-state index >= 15 is 0 Å². The Morgan fingerprint density at radius 2 is 1.48 bits per heavy atom. The molecule has 0 amide bonds. The van der Waals surface area contributed by atoms with Gasteiger partial charge in [0.2, 0.25) is 5.88 Å². The molecule has 2 aromatic carbocycles. The smallest absolute Gasteiger partial charge is 0.272 e. The van der Waals surface area contributed by atoms with Crippen LogP contribution in [-0.2, 0) is 0 Å². The van der Waals surface area contributed by atoms with Crippen molar-refractivity contribution in [2.45, 2.75) is 0 Å². The van der Waals surface area contributed by atoms with Crippen LogP contribution in [-0.4, -0.2) is 10.2 Å². The van der Waals surface area contributed by atoms with E-state index in [0.29, 0.717) is 11.1 Å². The van der Waals surface area contributed by atoms with Gasteiger partial charge in [-0.15, -0.1) is 5.10 Å². The number of nitrogens with one attached hydrogen (secondary N) is 1. The number of anilines is 1. The lowest BCUT2D eigenvalue weighted by Gasteiger charge is -2.11. The Labute approximate surface area is 149 Å². The Morgan fingerprint density at radius 3 is 2.09 bits per heavy atom. The Balaban J connectivity index is 2.20. The molecule has 3 N–H and O–H groups in total. The summed E-state index contributed by atoms with van der Waals surface area (Å²) in [4.78, 5) is 11.9. The summed E-state index contributed by atoms with van der Waals surface area (Å²) in [5.41, 5.74) is 5.61. The first-order chi connectivity index (χ1) is 10.9. The van der Waals surface area contributed by atoms with Gasteiger partial charge < -0.3 is 10.5 Å². The second kappa shape index (κ2) is 6.09. The molecule has 0 aliphatic rings. The molecule has 0 saturated heterocycles. The van der Waals surface area contributed by atoms with Gasteiger partial charge in [-0.05, 0) is 24.3 Å². The van der Waals surface area contributed by atoms with Crippen LogP contribution in [0.4, 0.5) is 5.69 Å². The lowest BCUT2D eigenvalue weighted by atomic mass is 10.2. The number of rotatable bonds is 2. The normalized spacial score (nSPS) is 11.0. The Hall–Kier alpha value is -1.66. The predicted molar refractivity (Wildman–Crippen MR) is 93.3 cm³/mol. The van der Waals surface area contributed by atoms with E-state index in [4.69, 9.17) is 56.9 Å². The molecule has 9 heteroatoms. The molecule has 0 spiro atoms. The number of H-pyrrole nitrogens is 1. The molecule has 5 nitrogen and oxygen atoms in total. The zero-order valence-corrected chi connectivity index (χ0v) is 14.2.